The Kier molecular flexibility index (Phi) is 4.99. The zero-order valence-electron chi connectivity index (χ0n) is 9.98. The lowest BCUT2D eigenvalue weighted by atomic mass is 10.1. The number of hydrogen-bond donors (Lipinski definition) is 2. The van der Waals surface area contributed by atoms with Crippen LogP contribution in [0.1, 0.15) is 32.3 Å². The van der Waals surface area contributed by atoms with Crippen LogP contribution in [-0.2, 0) is 0 Å². The van der Waals surface area contributed by atoms with Crippen molar-refractivity contribution in [2.75, 3.05) is 6.54 Å². The highest BCUT2D eigenvalue weighted by Gasteiger charge is 2.03. The second kappa shape index (κ2) is 6.28. The Labute approximate surface area is 97.0 Å². The Hall–Kier alpha value is -1.35. The molecule has 1 aromatic rings. The zero-order chi connectivity index (χ0) is 12.0. The van der Waals surface area contributed by atoms with Crippen molar-refractivity contribution < 1.29 is 5.11 Å². The molecule has 1 aromatic carbocycles. The van der Waals surface area contributed by atoms with E-state index < -0.39 is 0 Å². The molecule has 88 valence electrons. The fourth-order valence-electron chi connectivity index (χ4n) is 1.47. The molecule has 3 N–H and O–H groups in total. The van der Waals surface area contributed by atoms with Crippen molar-refractivity contribution >= 4 is 5.71 Å². The molecule has 0 aliphatic carbocycles. The maximum Gasteiger partial charge on any atom is 0.124 e. The summed E-state index contributed by atoms with van der Waals surface area (Å²) in [4.78, 5) is 4.42. The highest BCUT2D eigenvalue weighted by molar-refractivity contribution is 6.00. The summed E-state index contributed by atoms with van der Waals surface area (Å²) in [5.74, 6) is 0.281. The summed E-state index contributed by atoms with van der Waals surface area (Å²) in [6.45, 7) is 4.70. The molecule has 0 aromatic heterocycles. The van der Waals surface area contributed by atoms with Crippen LogP contribution >= 0.6 is 0 Å². The summed E-state index contributed by atoms with van der Waals surface area (Å²) in [6.07, 6.45) is 1.87. The summed E-state index contributed by atoms with van der Waals surface area (Å²) < 4.78 is 0. The van der Waals surface area contributed by atoms with E-state index in [2.05, 4.69) is 11.9 Å². The van der Waals surface area contributed by atoms with Crippen LogP contribution in [0.5, 0.6) is 5.75 Å². The molecule has 0 saturated carbocycles. The number of benzene rings is 1. The fourth-order valence-corrected chi connectivity index (χ4v) is 1.47. The van der Waals surface area contributed by atoms with Crippen molar-refractivity contribution in [2.24, 2.45) is 10.7 Å². The molecule has 3 nitrogen and oxygen atoms in total. The first-order valence-electron chi connectivity index (χ1n) is 5.70. The molecule has 16 heavy (non-hydrogen) atoms. The lowest BCUT2D eigenvalue weighted by Gasteiger charge is -2.07. The van der Waals surface area contributed by atoms with Crippen LogP contribution in [0.4, 0.5) is 0 Å². The van der Waals surface area contributed by atoms with Gasteiger partial charge in [0.15, 0.2) is 0 Å². The zero-order valence-corrected chi connectivity index (χ0v) is 9.98. The van der Waals surface area contributed by atoms with Gasteiger partial charge >= 0.3 is 0 Å². The van der Waals surface area contributed by atoms with Crippen molar-refractivity contribution in [3.63, 3.8) is 0 Å². The van der Waals surface area contributed by atoms with Crippen molar-refractivity contribution in [1.82, 2.24) is 0 Å². The van der Waals surface area contributed by atoms with Crippen LogP contribution in [0, 0.1) is 0 Å². The van der Waals surface area contributed by atoms with Crippen LogP contribution < -0.4 is 5.73 Å². The molecule has 0 aliphatic heterocycles. The van der Waals surface area contributed by atoms with Gasteiger partial charge in [0.25, 0.3) is 0 Å². The van der Waals surface area contributed by atoms with E-state index in [1.807, 2.05) is 19.1 Å². The number of rotatable bonds is 5. The molecule has 0 radical (unpaired) electrons. The van der Waals surface area contributed by atoms with E-state index in [1.165, 1.54) is 0 Å². The summed E-state index contributed by atoms with van der Waals surface area (Å²) in [5, 5.41) is 9.63. The summed E-state index contributed by atoms with van der Waals surface area (Å²) in [6, 6.07) is 7.46. The first-order chi connectivity index (χ1) is 7.65. The van der Waals surface area contributed by atoms with Crippen LogP contribution in [0.15, 0.2) is 29.3 Å². The van der Waals surface area contributed by atoms with Gasteiger partial charge in [0.05, 0.1) is 0 Å². The third-order valence-electron chi connectivity index (χ3n) is 2.67. The normalized spacial score (nSPS) is 13.8. The van der Waals surface area contributed by atoms with Gasteiger partial charge in [-0.3, -0.25) is 4.99 Å². The lowest BCUT2D eigenvalue weighted by molar-refractivity contribution is 0.474. The number of phenols is 1. The number of aromatic hydroxyl groups is 1. The Bertz CT molecular complexity index is 361. The third-order valence-corrected chi connectivity index (χ3v) is 2.67. The van der Waals surface area contributed by atoms with Crippen molar-refractivity contribution in [2.45, 2.75) is 32.7 Å². The number of aliphatic imine (C=N–C) groups is 1. The summed E-state index contributed by atoms with van der Waals surface area (Å²) in [5.41, 5.74) is 7.47. The third kappa shape index (κ3) is 3.66. The van der Waals surface area contributed by atoms with E-state index in [1.54, 1.807) is 12.1 Å². The van der Waals surface area contributed by atoms with Crippen LogP contribution in [0.25, 0.3) is 0 Å². The van der Waals surface area contributed by atoms with Gasteiger partial charge in [-0.2, -0.15) is 0 Å². The number of hydrogen-bond acceptors (Lipinski definition) is 3. The Morgan fingerprint density at radius 2 is 2.12 bits per heavy atom. The second-order valence-electron chi connectivity index (χ2n) is 3.94. The van der Waals surface area contributed by atoms with Crippen molar-refractivity contribution in [1.29, 1.82) is 0 Å². The number of nitrogens with two attached hydrogens (primary N) is 1. The molecule has 0 saturated heterocycles. The lowest BCUT2D eigenvalue weighted by Crippen LogP contribution is -2.19. The second-order valence-corrected chi connectivity index (χ2v) is 3.94. The number of para-hydroxylation sites is 1. The van der Waals surface area contributed by atoms with Gasteiger partial charge in [0, 0.05) is 23.9 Å². The summed E-state index contributed by atoms with van der Waals surface area (Å²) in [7, 11) is 0. The Balaban J connectivity index is 2.60. The molecule has 1 atom stereocenters. The molecular weight excluding hydrogens is 200 g/mol. The van der Waals surface area contributed by atoms with Crippen LogP contribution in [0.3, 0.4) is 0 Å². The predicted molar refractivity (Wildman–Crippen MR) is 68.1 cm³/mol. The predicted octanol–water partition coefficient (Wildman–Crippen LogP) is 2.33. The van der Waals surface area contributed by atoms with Crippen molar-refractivity contribution in [3.05, 3.63) is 29.8 Å². The highest BCUT2D eigenvalue weighted by Crippen LogP contribution is 2.16. The smallest absolute Gasteiger partial charge is 0.124 e. The minimum Gasteiger partial charge on any atom is -0.507 e. The van der Waals surface area contributed by atoms with E-state index >= 15 is 0 Å². The average Bonchev–Trinajstić information content (AvgIpc) is 2.29. The molecule has 0 fully saturated rings. The molecule has 0 bridgehead atoms. The van der Waals surface area contributed by atoms with Gasteiger partial charge in [-0.1, -0.05) is 19.1 Å². The minimum atomic E-state index is 0.223. The maximum absolute atomic E-state index is 9.63. The molecule has 0 heterocycles. The number of phenolic OH excluding ortho intramolecular Hbond substituents is 1. The molecular formula is C13H20N2O. The Morgan fingerprint density at radius 3 is 2.75 bits per heavy atom. The molecule has 3 heteroatoms. The molecule has 1 rings (SSSR count). The van der Waals surface area contributed by atoms with E-state index in [0.29, 0.717) is 0 Å². The minimum absolute atomic E-state index is 0.223. The van der Waals surface area contributed by atoms with Gasteiger partial charge in [-0.05, 0) is 31.9 Å². The molecule has 0 spiro atoms. The van der Waals surface area contributed by atoms with E-state index in [0.717, 1.165) is 30.7 Å². The topological polar surface area (TPSA) is 58.6 Å². The van der Waals surface area contributed by atoms with Gasteiger partial charge in [-0.25, -0.2) is 0 Å². The molecule has 0 amide bonds. The van der Waals surface area contributed by atoms with Gasteiger partial charge in [0.1, 0.15) is 5.75 Å². The van der Waals surface area contributed by atoms with E-state index in [9.17, 15) is 5.11 Å². The fraction of sp³-hybridized carbons (Fsp3) is 0.462. The first kappa shape index (κ1) is 12.7. The standard InChI is InChI=1S/C13H20N2O/c1-3-11(14)8-9-15-10(2)12-6-4-5-7-13(12)16/h4-7,11,16H,3,8-9,14H2,1-2H3. The highest BCUT2D eigenvalue weighted by atomic mass is 16.3. The molecule has 1 unspecified atom stereocenters. The summed E-state index contributed by atoms with van der Waals surface area (Å²) >= 11 is 0. The van der Waals surface area contributed by atoms with E-state index in [4.69, 9.17) is 5.73 Å². The van der Waals surface area contributed by atoms with Crippen LogP contribution in [-0.4, -0.2) is 23.4 Å². The van der Waals surface area contributed by atoms with Crippen molar-refractivity contribution in [3.8, 4) is 5.75 Å². The monoisotopic (exact) mass is 220 g/mol. The average molecular weight is 220 g/mol. The quantitative estimate of drug-likeness (QED) is 0.748. The first-order valence-corrected chi connectivity index (χ1v) is 5.70. The SMILES string of the molecule is CCC(N)CCN=C(C)c1ccccc1O. The Morgan fingerprint density at radius 1 is 1.44 bits per heavy atom. The van der Waals surface area contributed by atoms with Crippen LogP contribution in [0.2, 0.25) is 0 Å². The van der Waals surface area contributed by atoms with Gasteiger partial charge in [0.2, 0.25) is 0 Å². The largest absolute Gasteiger partial charge is 0.507 e. The number of nitrogens with zero attached hydrogens (tertiary/aromatic N) is 1. The molecule has 0 aliphatic rings. The van der Waals surface area contributed by atoms with Gasteiger partial charge in [-0.15, -0.1) is 0 Å². The maximum atomic E-state index is 9.63. The van der Waals surface area contributed by atoms with Gasteiger partial charge < -0.3 is 10.8 Å². The van der Waals surface area contributed by atoms with E-state index in [-0.39, 0.29) is 11.8 Å².